The molecule has 2 rings (SSSR count). The van der Waals surface area contributed by atoms with Gasteiger partial charge in [0.05, 0.1) is 7.11 Å². The fourth-order valence-electron chi connectivity index (χ4n) is 2.99. The molecule has 1 aliphatic rings. The average Bonchev–Trinajstić information content (AvgIpc) is 2.90. The van der Waals surface area contributed by atoms with Gasteiger partial charge < -0.3 is 14.4 Å². The smallest absolute Gasteiger partial charge is 0.410 e. The van der Waals surface area contributed by atoms with Crippen LogP contribution in [-0.2, 0) is 4.74 Å². The third kappa shape index (κ3) is 3.93. The van der Waals surface area contributed by atoms with Crippen LogP contribution in [0.25, 0.3) is 0 Å². The minimum atomic E-state index is -0.447. The van der Waals surface area contributed by atoms with E-state index < -0.39 is 5.60 Å². The summed E-state index contributed by atoms with van der Waals surface area (Å²) in [7, 11) is 1.67. The van der Waals surface area contributed by atoms with Gasteiger partial charge >= 0.3 is 6.09 Å². The van der Waals surface area contributed by atoms with Gasteiger partial charge in [0, 0.05) is 19.0 Å². The van der Waals surface area contributed by atoms with Gasteiger partial charge in [0.25, 0.3) is 0 Å². The number of methoxy groups -OCH3 is 1. The van der Waals surface area contributed by atoms with Crippen LogP contribution in [0.5, 0.6) is 5.75 Å². The molecule has 4 heteroatoms. The minimum Gasteiger partial charge on any atom is -0.497 e. The SMILES string of the molecule is CCC1CN(C(=O)OC(C)(C)C)CC1c1ccc(OC)cc1. The third-order valence-corrected chi connectivity index (χ3v) is 4.16. The Labute approximate surface area is 133 Å². The zero-order chi connectivity index (χ0) is 16.3. The first-order chi connectivity index (χ1) is 10.3. The van der Waals surface area contributed by atoms with E-state index in [9.17, 15) is 4.79 Å². The van der Waals surface area contributed by atoms with Gasteiger partial charge in [-0.15, -0.1) is 0 Å². The number of rotatable bonds is 3. The van der Waals surface area contributed by atoms with Crippen molar-refractivity contribution >= 4 is 6.09 Å². The number of ether oxygens (including phenoxy) is 2. The van der Waals surface area contributed by atoms with Gasteiger partial charge in [-0.05, 0) is 44.4 Å². The van der Waals surface area contributed by atoms with Crippen LogP contribution < -0.4 is 4.74 Å². The summed E-state index contributed by atoms with van der Waals surface area (Å²) in [5.41, 5.74) is 0.815. The summed E-state index contributed by atoms with van der Waals surface area (Å²) >= 11 is 0. The highest BCUT2D eigenvalue weighted by molar-refractivity contribution is 5.68. The van der Waals surface area contributed by atoms with E-state index in [1.807, 2.05) is 37.8 Å². The molecule has 0 N–H and O–H groups in total. The molecule has 0 saturated carbocycles. The Bertz CT molecular complexity index is 504. The van der Waals surface area contributed by atoms with Crippen molar-refractivity contribution in [2.24, 2.45) is 5.92 Å². The lowest BCUT2D eigenvalue weighted by Crippen LogP contribution is -2.35. The van der Waals surface area contributed by atoms with Gasteiger partial charge in [-0.2, -0.15) is 0 Å². The zero-order valence-corrected chi connectivity index (χ0v) is 14.3. The molecule has 1 amide bonds. The predicted molar refractivity (Wildman–Crippen MR) is 87.3 cm³/mol. The standard InChI is InChI=1S/C18H27NO3/c1-6-13-11-19(17(20)22-18(2,3)4)12-16(13)14-7-9-15(21-5)10-8-14/h7-10,13,16H,6,11-12H2,1-5H3. The van der Waals surface area contributed by atoms with E-state index >= 15 is 0 Å². The molecule has 1 aromatic rings. The van der Waals surface area contributed by atoms with Crippen LogP contribution in [0.15, 0.2) is 24.3 Å². The summed E-state index contributed by atoms with van der Waals surface area (Å²) < 4.78 is 10.7. The first-order valence-corrected chi connectivity index (χ1v) is 7.96. The van der Waals surface area contributed by atoms with Crippen molar-refractivity contribution in [3.05, 3.63) is 29.8 Å². The van der Waals surface area contributed by atoms with Crippen molar-refractivity contribution < 1.29 is 14.3 Å². The Morgan fingerprint density at radius 1 is 1.23 bits per heavy atom. The van der Waals surface area contributed by atoms with Crippen molar-refractivity contribution in [1.29, 1.82) is 0 Å². The molecule has 0 bridgehead atoms. The summed E-state index contributed by atoms with van der Waals surface area (Å²) in [6.45, 7) is 9.37. The normalized spacial score (nSPS) is 21.8. The van der Waals surface area contributed by atoms with Crippen LogP contribution in [-0.4, -0.2) is 36.8 Å². The Morgan fingerprint density at radius 2 is 1.86 bits per heavy atom. The van der Waals surface area contributed by atoms with E-state index in [4.69, 9.17) is 9.47 Å². The molecule has 1 aliphatic heterocycles. The number of likely N-dealkylation sites (tertiary alicyclic amines) is 1. The Kier molecular flexibility index (Phi) is 4.99. The number of carbonyl (C=O) groups is 1. The number of amides is 1. The van der Waals surface area contributed by atoms with Gasteiger partial charge in [-0.3, -0.25) is 0 Å². The summed E-state index contributed by atoms with van der Waals surface area (Å²) in [5.74, 6) is 1.70. The molecule has 0 spiro atoms. The first-order valence-electron chi connectivity index (χ1n) is 7.96. The van der Waals surface area contributed by atoms with Gasteiger partial charge in [0.2, 0.25) is 0 Å². The molecule has 2 unspecified atom stereocenters. The summed E-state index contributed by atoms with van der Waals surface area (Å²) in [6, 6.07) is 8.17. The van der Waals surface area contributed by atoms with Gasteiger partial charge in [0.1, 0.15) is 11.4 Å². The van der Waals surface area contributed by atoms with Crippen molar-refractivity contribution in [3.8, 4) is 5.75 Å². The summed E-state index contributed by atoms with van der Waals surface area (Å²) in [5, 5.41) is 0. The van der Waals surface area contributed by atoms with E-state index in [-0.39, 0.29) is 6.09 Å². The highest BCUT2D eigenvalue weighted by Crippen LogP contribution is 2.35. The monoisotopic (exact) mass is 305 g/mol. The molecule has 22 heavy (non-hydrogen) atoms. The van der Waals surface area contributed by atoms with Crippen molar-refractivity contribution in [1.82, 2.24) is 4.90 Å². The average molecular weight is 305 g/mol. The van der Waals surface area contributed by atoms with E-state index in [1.165, 1.54) is 5.56 Å². The lowest BCUT2D eigenvalue weighted by molar-refractivity contribution is 0.0286. The molecule has 0 aliphatic carbocycles. The maximum absolute atomic E-state index is 12.3. The molecular weight excluding hydrogens is 278 g/mol. The number of hydrogen-bond donors (Lipinski definition) is 0. The second-order valence-corrected chi connectivity index (χ2v) is 6.93. The lowest BCUT2D eigenvalue weighted by atomic mass is 9.87. The second kappa shape index (κ2) is 6.59. The number of hydrogen-bond acceptors (Lipinski definition) is 3. The Balaban J connectivity index is 2.10. The fraction of sp³-hybridized carbons (Fsp3) is 0.611. The van der Waals surface area contributed by atoms with Crippen LogP contribution in [0.4, 0.5) is 4.79 Å². The number of benzene rings is 1. The number of nitrogens with zero attached hydrogens (tertiary/aromatic N) is 1. The quantitative estimate of drug-likeness (QED) is 0.845. The molecule has 1 heterocycles. The molecule has 122 valence electrons. The van der Waals surface area contributed by atoms with Gasteiger partial charge in [0.15, 0.2) is 0 Å². The first kappa shape index (κ1) is 16.7. The van der Waals surface area contributed by atoms with Crippen molar-refractivity contribution in [2.75, 3.05) is 20.2 Å². The van der Waals surface area contributed by atoms with Crippen LogP contribution in [0, 0.1) is 5.92 Å². The lowest BCUT2D eigenvalue weighted by Gasteiger charge is -2.24. The second-order valence-electron chi connectivity index (χ2n) is 6.93. The van der Waals surface area contributed by atoms with Crippen molar-refractivity contribution in [2.45, 2.75) is 45.6 Å². The Hall–Kier alpha value is -1.71. The third-order valence-electron chi connectivity index (χ3n) is 4.16. The Morgan fingerprint density at radius 3 is 2.36 bits per heavy atom. The molecule has 1 fully saturated rings. The zero-order valence-electron chi connectivity index (χ0n) is 14.3. The molecular formula is C18H27NO3. The molecule has 2 atom stereocenters. The van der Waals surface area contributed by atoms with E-state index in [2.05, 4.69) is 19.1 Å². The van der Waals surface area contributed by atoms with Crippen LogP contribution in [0.3, 0.4) is 0 Å². The highest BCUT2D eigenvalue weighted by Gasteiger charge is 2.36. The summed E-state index contributed by atoms with van der Waals surface area (Å²) in [4.78, 5) is 14.1. The number of carbonyl (C=O) groups excluding carboxylic acids is 1. The minimum absolute atomic E-state index is 0.207. The largest absolute Gasteiger partial charge is 0.497 e. The molecule has 4 nitrogen and oxygen atoms in total. The van der Waals surface area contributed by atoms with Crippen LogP contribution >= 0.6 is 0 Å². The van der Waals surface area contributed by atoms with Gasteiger partial charge in [-0.1, -0.05) is 25.5 Å². The predicted octanol–water partition coefficient (Wildman–Crippen LogP) is 4.06. The maximum atomic E-state index is 12.3. The highest BCUT2D eigenvalue weighted by atomic mass is 16.6. The topological polar surface area (TPSA) is 38.8 Å². The van der Waals surface area contributed by atoms with Crippen molar-refractivity contribution in [3.63, 3.8) is 0 Å². The molecule has 1 saturated heterocycles. The fourth-order valence-corrected chi connectivity index (χ4v) is 2.99. The van der Waals surface area contributed by atoms with Crippen LogP contribution in [0.1, 0.15) is 45.6 Å². The molecule has 0 radical (unpaired) electrons. The molecule has 1 aromatic carbocycles. The maximum Gasteiger partial charge on any atom is 0.410 e. The van der Waals surface area contributed by atoms with E-state index in [0.29, 0.717) is 11.8 Å². The van der Waals surface area contributed by atoms with E-state index in [1.54, 1.807) is 7.11 Å². The summed E-state index contributed by atoms with van der Waals surface area (Å²) in [6.07, 6.45) is 0.845. The molecule has 0 aromatic heterocycles. The van der Waals surface area contributed by atoms with Crippen LogP contribution in [0.2, 0.25) is 0 Å². The van der Waals surface area contributed by atoms with E-state index in [0.717, 1.165) is 25.3 Å². The van der Waals surface area contributed by atoms with Gasteiger partial charge in [-0.25, -0.2) is 4.79 Å².